The summed E-state index contributed by atoms with van der Waals surface area (Å²) in [6, 6.07) is 18.0. The maximum Gasteiger partial charge on any atom is 0.255 e. The van der Waals surface area contributed by atoms with E-state index in [2.05, 4.69) is 22.9 Å². The number of carbonyl (C=O) groups excluding carboxylic acids is 1. The van der Waals surface area contributed by atoms with E-state index in [-0.39, 0.29) is 5.91 Å². The molecule has 33 heavy (non-hydrogen) atoms. The highest BCUT2D eigenvalue weighted by Gasteiger charge is 2.10. The van der Waals surface area contributed by atoms with Crippen molar-refractivity contribution in [3.8, 4) is 11.1 Å². The number of benzene rings is 3. The zero-order valence-corrected chi connectivity index (χ0v) is 21.7. The first kappa shape index (κ1) is 26.7. The summed E-state index contributed by atoms with van der Waals surface area (Å²) >= 11 is 16.8. The van der Waals surface area contributed by atoms with Gasteiger partial charge in [-0.2, -0.15) is 0 Å². The SMILES string of the molecule is CN(C)C.CN(C)C=Nc1ccc(NC(=O)c2ccc(-c3cccc(Cl)c3Cl)cc2)cc1S. The molecule has 0 spiro atoms. The largest absolute Gasteiger partial charge is 0.369 e. The quantitative estimate of drug-likeness (QED) is 0.234. The van der Waals surface area contributed by atoms with Crippen molar-refractivity contribution < 1.29 is 4.79 Å². The van der Waals surface area contributed by atoms with Crippen molar-refractivity contribution in [1.29, 1.82) is 0 Å². The molecule has 3 aromatic rings. The minimum atomic E-state index is -0.217. The Morgan fingerprint density at radius 1 is 0.970 bits per heavy atom. The van der Waals surface area contributed by atoms with Crippen LogP contribution in [-0.2, 0) is 0 Å². The number of rotatable bonds is 5. The van der Waals surface area contributed by atoms with E-state index < -0.39 is 0 Å². The molecule has 0 aliphatic rings. The molecule has 3 rings (SSSR count). The lowest BCUT2D eigenvalue weighted by Crippen LogP contribution is -2.11. The Bertz CT molecular complexity index is 1110. The molecule has 0 bridgehead atoms. The third-order valence-corrected chi connectivity index (χ3v) is 5.25. The van der Waals surface area contributed by atoms with E-state index in [0.29, 0.717) is 26.2 Å². The van der Waals surface area contributed by atoms with Crippen molar-refractivity contribution in [2.75, 3.05) is 40.6 Å². The number of aliphatic imine (C=N–C) groups is 1. The Kier molecular flexibility index (Phi) is 10.3. The molecule has 1 amide bonds. The third kappa shape index (κ3) is 8.41. The zero-order valence-electron chi connectivity index (χ0n) is 19.3. The number of thiol groups is 1. The molecule has 5 nitrogen and oxygen atoms in total. The molecule has 174 valence electrons. The number of carbonyl (C=O) groups is 1. The van der Waals surface area contributed by atoms with Gasteiger partial charge in [-0.15, -0.1) is 12.6 Å². The number of hydrogen-bond acceptors (Lipinski definition) is 4. The lowest BCUT2D eigenvalue weighted by molar-refractivity contribution is 0.102. The Hall–Kier alpha value is -2.51. The van der Waals surface area contributed by atoms with Crippen LogP contribution in [0.25, 0.3) is 11.1 Å². The van der Waals surface area contributed by atoms with Crippen LogP contribution in [0.4, 0.5) is 11.4 Å². The van der Waals surface area contributed by atoms with Crippen LogP contribution in [-0.4, -0.2) is 57.3 Å². The highest BCUT2D eigenvalue weighted by atomic mass is 35.5. The van der Waals surface area contributed by atoms with Gasteiger partial charge in [0.15, 0.2) is 0 Å². The zero-order chi connectivity index (χ0) is 24.5. The maximum absolute atomic E-state index is 12.6. The van der Waals surface area contributed by atoms with Crippen LogP contribution in [0.5, 0.6) is 0 Å². The van der Waals surface area contributed by atoms with Crippen LogP contribution >= 0.6 is 35.8 Å². The molecular weight excluding hydrogens is 475 g/mol. The lowest BCUT2D eigenvalue weighted by Gasteiger charge is -2.10. The molecule has 0 aromatic heterocycles. The summed E-state index contributed by atoms with van der Waals surface area (Å²) in [6.45, 7) is 0. The Balaban J connectivity index is 0.000000890. The summed E-state index contributed by atoms with van der Waals surface area (Å²) in [4.78, 5) is 21.4. The van der Waals surface area contributed by atoms with Gasteiger partial charge < -0.3 is 15.1 Å². The molecule has 8 heteroatoms. The van der Waals surface area contributed by atoms with Crippen LogP contribution in [0.1, 0.15) is 10.4 Å². The number of halogens is 2. The van der Waals surface area contributed by atoms with Crippen molar-refractivity contribution in [3.63, 3.8) is 0 Å². The van der Waals surface area contributed by atoms with Gasteiger partial charge in [0.1, 0.15) is 0 Å². The molecule has 0 radical (unpaired) electrons. The Morgan fingerprint density at radius 3 is 2.18 bits per heavy atom. The number of hydrogen-bond donors (Lipinski definition) is 2. The molecule has 0 unspecified atom stereocenters. The van der Waals surface area contributed by atoms with E-state index in [1.54, 1.807) is 36.7 Å². The van der Waals surface area contributed by atoms with Gasteiger partial charge in [-0.25, -0.2) is 4.99 Å². The summed E-state index contributed by atoms with van der Waals surface area (Å²) in [5.41, 5.74) is 3.60. The van der Waals surface area contributed by atoms with Gasteiger partial charge in [0.2, 0.25) is 0 Å². The van der Waals surface area contributed by atoms with Gasteiger partial charge in [-0.05, 0) is 63.1 Å². The van der Waals surface area contributed by atoms with E-state index >= 15 is 0 Å². The number of nitrogens with one attached hydrogen (secondary N) is 1. The normalized spacial score (nSPS) is 10.7. The summed E-state index contributed by atoms with van der Waals surface area (Å²) in [5.74, 6) is -0.217. The highest BCUT2D eigenvalue weighted by Crippen LogP contribution is 2.33. The molecule has 0 aliphatic heterocycles. The predicted molar refractivity (Wildman–Crippen MR) is 145 cm³/mol. The number of anilines is 1. The molecular formula is C25H28Cl2N4OS. The van der Waals surface area contributed by atoms with Crippen LogP contribution < -0.4 is 5.32 Å². The van der Waals surface area contributed by atoms with E-state index in [4.69, 9.17) is 23.2 Å². The number of nitrogens with zero attached hydrogens (tertiary/aromatic N) is 3. The lowest BCUT2D eigenvalue weighted by atomic mass is 10.0. The first-order valence-corrected chi connectivity index (χ1v) is 11.3. The van der Waals surface area contributed by atoms with Gasteiger partial charge in [0, 0.05) is 35.8 Å². The van der Waals surface area contributed by atoms with Crippen molar-refractivity contribution >= 4 is 59.5 Å². The summed E-state index contributed by atoms with van der Waals surface area (Å²) < 4.78 is 0. The van der Waals surface area contributed by atoms with Gasteiger partial charge in [-0.3, -0.25) is 4.79 Å². The second-order valence-corrected chi connectivity index (χ2v) is 9.15. The topological polar surface area (TPSA) is 47.9 Å². The monoisotopic (exact) mass is 502 g/mol. The second kappa shape index (κ2) is 12.7. The summed E-state index contributed by atoms with van der Waals surface area (Å²) in [5, 5.41) is 3.86. The smallest absolute Gasteiger partial charge is 0.255 e. The van der Waals surface area contributed by atoms with Gasteiger partial charge in [0.05, 0.1) is 22.1 Å². The van der Waals surface area contributed by atoms with Crippen LogP contribution in [0, 0.1) is 0 Å². The summed E-state index contributed by atoms with van der Waals surface area (Å²) in [6.07, 6.45) is 1.70. The fourth-order valence-electron chi connectivity index (χ4n) is 2.62. The van der Waals surface area contributed by atoms with Crippen molar-refractivity contribution in [1.82, 2.24) is 9.80 Å². The van der Waals surface area contributed by atoms with E-state index in [1.165, 1.54) is 0 Å². The van der Waals surface area contributed by atoms with E-state index in [0.717, 1.165) is 16.8 Å². The fraction of sp³-hybridized carbons (Fsp3) is 0.200. The Labute approximate surface area is 211 Å². The van der Waals surface area contributed by atoms with Crippen molar-refractivity contribution in [2.45, 2.75) is 4.90 Å². The molecule has 0 heterocycles. The first-order chi connectivity index (χ1) is 15.6. The van der Waals surface area contributed by atoms with E-state index in [9.17, 15) is 4.79 Å². The maximum atomic E-state index is 12.6. The summed E-state index contributed by atoms with van der Waals surface area (Å²) in [7, 11) is 9.78. The van der Waals surface area contributed by atoms with Crippen molar-refractivity contribution in [2.24, 2.45) is 4.99 Å². The molecule has 0 aliphatic carbocycles. The van der Waals surface area contributed by atoms with E-state index in [1.807, 2.05) is 75.4 Å². The molecule has 0 saturated heterocycles. The first-order valence-electron chi connectivity index (χ1n) is 10.1. The fourth-order valence-corrected chi connectivity index (χ4v) is 3.30. The van der Waals surface area contributed by atoms with Gasteiger partial charge in [0.25, 0.3) is 5.91 Å². The predicted octanol–water partition coefficient (Wildman–Crippen LogP) is 6.60. The average Bonchev–Trinajstić information content (AvgIpc) is 2.75. The Morgan fingerprint density at radius 2 is 1.61 bits per heavy atom. The molecule has 0 saturated carbocycles. The molecule has 0 fully saturated rings. The average molecular weight is 503 g/mol. The van der Waals surface area contributed by atoms with Crippen molar-refractivity contribution in [3.05, 3.63) is 76.3 Å². The molecule has 3 aromatic carbocycles. The van der Waals surface area contributed by atoms with Crippen LogP contribution in [0.2, 0.25) is 10.0 Å². The van der Waals surface area contributed by atoms with Crippen LogP contribution in [0.3, 0.4) is 0 Å². The minimum Gasteiger partial charge on any atom is -0.369 e. The molecule has 1 N–H and O–H groups in total. The standard InChI is InChI=1S/C22H19Cl2N3OS.C3H9N/c1-27(2)13-25-19-11-10-16(12-20(19)29)26-22(28)15-8-6-14(7-9-15)17-4-3-5-18(23)21(17)24;1-4(2)3/h3-13,29H,1-2H3,(H,26,28);1-3H3. The number of amides is 1. The highest BCUT2D eigenvalue weighted by molar-refractivity contribution is 7.80. The minimum absolute atomic E-state index is 0.217. The molecule has 0 atom stereocenters. The van der Waals surface area contributed by atoms with Crippen LogP contribution in [0.15, 0.2) is 70.6 Å². The van der Waals surface area contributed by atoms with Gasteiger partial charge >= 0.3 is 0 Å². The second-order valence-electron chi connectivity index (χ2n) is 7.89. The third-order valence-electron chi connectivity index (χ3n) is 4.07. The van der Waals surface area contributed by atoms with Gasteiger partial charge in [-0.1, -0.05) is 47.5 Å².